The van der Waals surface area contributed by atoms with Crippen LogP contribution in [0.4, 0.5) is 4.79 Å². The summed E-state index contributed by atoms with van der Waals surface area (Å²) < 4.78 is 28.9. The molecule has 0 bridgehead atoms. The van der Waals surface area contributed by atoms with Crippen LogP contribution in [0.25, 0.3) is 6.08 Å². The normalized spacial score (nSPS) is 22.2. The largest absolute Gasteiger partial charge is 0.444 e. The summed E-state index contributed by atoms with van der Waals surface area (Å²) in [7, 11) is -3.15. The van der Waals surface area contributed by atoms with Gasteiger partial charge in [0.25, 0.3) is 0 Å². The summed E-state index contributed by atoms with van der Waals surface area (Å²) in [5.41, 5.74) is 0.645. The predicted molar refractivity (Wildman–Crippen MR) is 127 cm³/mol. The van der Waals surface area contributed by atoms with Crippen LogP contribution in [0.3, 0.4) is 0 Å². The Labute approximate surface area is 195 Å². The van der Waals surface area contributed by atoms with Gasteiger partial charge in [-0.05, 0) is 76.6 Å². The van der Waals surface area contributed by atoms with Gasteiger partial charge in [-0.1, -0.05) is 23.7 Å². The van der Waals surface area contributed by atoms with Gasteiger partial charge in [0, 0.05) is 22.9 Å². The minimum atomic E-state index is -3.15. The predicted octanol–water partition coefficient (Wildman–Crippen LogP) is 3.97. The van der Waals surface area contributed by atoms with Gasteiger partial charge in [0.15, 0.2) is 0 Å². The molecule has 0 aromatic heterocycles. The summed E-state index contributed by atoms with van der Waals surface area (Å²) in [6.45, 7) is 7.01. The second-order valence-corrected chi connectivity index (χ2v) is 12.1. The molecule has 9 heteroatoms. The van der Waals surface area contributed by atoms with E-state index >= 15 is 0 Å². The van der Waals surface area contributed by atoms with Crippen molar-refractivity contribution in [2.24, 2.45) is 5.92 Å². The average Bonchev–Trinajstić information content (AvgIpc) is 2.60. The molecular weight excluding hydrogens is 452 g/mol. The van der Waals surface area contributed by atoms with Gasteiger partial charge in [0.2, 0.25) is 5.91 Å². The lowest BCUT2D eigenvalue weighted by molar-refractivity contribution is -0.118. The Bertz CT molecular complexity index is 969. The molecule has 3 atom stereocenters. The van der Waals surface area contributed by atoms with Crippen LogP contribution in [-0.4, -0.2) is 50.1 Å². The van der Waals surface area contributed by atoms with Crippen LogP contribution >= 0.6 is 11.6 Å². The number of carbonyl (C=O) groups is 2. The number of amides is 2. The number of benzene rings is 1. The number of alkyl carbamates (subject to hydrolysis) is 1. The van der Waals surface area contributed by atoms with Crippen molar-refractivity contribution in [3.63, 3.8) is 0 Å². The Morgan fingerprint density at radius 3 is 2.47 bits per heavy atom. The van der Waals surface area contributed by atoms with Crippen LogP contribution in [0, 0.1) is 5.92 Å². The van der Waals surface area contributed by atoms with E-state index < -0.39 is 27.6 Å². The third-order valence-corrected chi connectivity index (χ3v) is 6.42. The third-order valence-electron chi connectivity index (χ3n) is 5.11. The quantitative estimate of drug-likeness (QED) is 0.595. The lowest BCUT2D eigenvalue weighted by atomic mass is 9.83. The standard InChI is InChI=1S/C23H33ClN2O5S/c1-15(11-16-7-6-8-18(24)12-16)21(27)25-19-10-9-17(14-32(5,29)30)13-20(19)26-22(28)31-23(2,3)4/h6-8,11-12,17,19-20H,9-10,13-14H2,1-5H3,(H,25,27)(H,26,28)/b15-11+/t17-,19-,20+/m0/s1. The minimum Gasteiger partial charge on any atom is -0.444 e. The Morgan fingerprint density at radius 1 is 1.19 bits per heavy atom. The third kappa shape index (κ3) is 9.20. The highest BCUT2D eigenvalue weighted by Crippen LogP contribution is 2.27. The maximum atomic E-state index is 12.8. The number of hydrogen-bond donors (Lipinski definition) is 2. The highest BCUT2D eigenvalue weighted by molar-refractivity contribution is 7.90. The van der Waals surface area contributed by atoms with Crippen LogP contribution in [0.5, 0.6) is 0 Å². The van der Waals surface area contributed by atoms with Gasteiger partial charge in [-0.25, -0.2) is 13.2 Å². The van der Waals surface area contributed by atoms with Gasteiger partial charge in [-0.2, -0.15) is 0 Å². The maximum absolute atomic E-state index is 12.8. The zero-order valence-corrected chi connectivity index (χ0v) is 20.8. The fourth-order valence-corrected chi connectivity index (χ4v) is 5.18. The Balaban J connectivity index is 2.13. The van der Waals surface area contributed by atoms with E-state index in [2.05, 4.69) is 10.6 Å². The van der Waals surface area contributed by atoms with Crippen molar-refractivity contribution >= 4 is 39.5 Å². The molecule has 1 aliphatic carbocycles. The average molecular weight is 485 g/mol. The summed E-state index contributed by atoms with van der Waals surface area (Å²) in [5, 5.41) is 6.41. The highest BCUT2D eigenvalue weighted by Gasteiger charge is 2.35. The number of rotatable bonds is 6. The molecule has 0 saturated heterocycles. The SMILES string of the molecule is C/C(=C\c1cccc(Cl)c1)C(=O)N[C@H]1CC[C@H](CS(C)(=O)=O)C[C@H]1NC(=O)OC(C)(C)C. The first-order chi connectivity index (χ1) is 14.7. The number of carbonyl (C=O) groups excluding carboxylic acids is 2. The Hall–Kier alpha value is -2.06. The topological polar surface area (TPSA) is 102 Å². The molecule has 7 nitrogen and oxygen atoms in total. The van der Waals surface area contributed by atoms with Crippen molar-refractivity contribution in [1.82, 2.24) is 10.6 Å². The van der Waals surface area contributed by atoms with Crippen molar-refractivity contribution < 1.29 is 22.7 Å². The summed E-state index contributed by atoms with van der Waals surface area (Å²) >= 11 is 6.01. The van der Waals surface area contributed by atoms with E-state index in [1.54, 1.807) is 45.9 Å². The number of halogens is 1. The van der Waals surface area contributed by atoms with Crippen LogP contribution < -0.4 is 10.6 Å². The van der Waals surface area contributed by atoms with E-state index in [-0.39, 0.29) is 23.6 Å². The molecule has 1 aromatic carbocycles. The van der Waals surface area contributed by atoms with Gasteiger partial charge in [-0.15, -0.1) is 0 Å². The van der Waals surface area contributed by atoms with Crippen LogP contribution in [0.2, 0.25) is 5.02 Å². The minimum absolute atomic E-state index is 0.0495. The zero-order chi connectivity index (χ0) is 24.1. The maximum Gasteiger partial charge on any atom is 0.407 e. The van der Waals surface area contributed by atoms with E-state index in [0.29, 0.717) is 29.9 Å². The lowest BCUT2D eigenvalue weighted by Gasteiger charge is -2.37. The molecular formula is C23H33ClN2O5S. The summed E-state index contributed by atoms with van der Waals surface area (Å²) in [6, 6.07) is 6.41. The molecule has 178 valence electrons. The summed E-state index contributed by atoms with van der Waals surface area (Å²) in [6.07, 6.45) is 3.99. The summed E-state index contributed by atoms with van der Waals surface area (Å²) in [4.78, 5) is 25.2. The molecule has 0 radical (unpaired) electrons. The van der Waals surface area contributed by atoms with E-state index in [1.165, 1.54) is 6.26 Å². The molecule has 2 rings (SSSR count). The van der Waals surface area contributed by atoms with E-state index in [4.69, 9.17) is 16.3 Å². The Kier molecular flexibility index (Phi) is 8.76. The number of sulfone groups is 1. The van der Waals surface area contributed by atoms with E-state index in [0.717, 1.165) is 5.56 Å². The van der Waals surface area contributed by atoms with Crippen molar-refractivity contribution in [3.05, 3.63) is 40.4 Å². The molecule has 1 saturated carbocycles. The van der Waals surface area contributed by atoms with Gasteiger partial charge >= 0.3 is 6.09 Å². The first-order valence-electron chi connectivity index (χ1n) is 10.6. The molecule has 1 aromatic rings. The number of hydrogen-bond acceptors (Lipinski definition) is 5. The second-order valence-electron chi connectivity index (χ2n) is 9.49. The molecule has 0 unspecified atom stereocenters. The lowest BCUT2D eigenvalue weighted by Crippen LogP contribution is -2.55. The highest BCUT2D eigenvalue weighted by atomic mass is 35.5. The van der Waals surface area contributed by atoms with Crippen molar-refractivity contribution in [2.45, 2.75) is 64.6 Å². The second kappa shape index (κ2) is 10.7. The number of ether oxygens (including phenoxy) is 1. The molecule has 0 spiro atoms. The molecule has 2 amide bonds. The smallest absolute Gasteiger partial charge is 0.407 e. The van der Waals surface area contributed by atoms with Gasteiger partial charge in [0.1, 0.15) is 15.4 Å². The van der Waals surface area contributed by atoms with Crippen molar-refractivity contribution in [2.75, 3.05) is 12.0 Å². The van der Waals surface area contributed by atoms with Gasteiger partial charge in [-0.3, -0.25) is 4.79 Å². The zero-order valence-electron chi connectivity index (χ0n) is 19.3. The van der Waals surface area contributed by atoms with Crippen LogP contribution in [0.1, 0.15) is 52.5 Å². The number of nitrogens with one attached hydrogen (secondary N) is 2. The van der Waals surface area contributed by atoms with Crippen LogP contribution in [-0.2, 0) is 19.4 Å². The van der Waals surface area contributed by atoms with Gasteiger partial charge in [0.05, 0.1) is 11.8 Å². The van der Waals surface area contributed by atoms with E-state index in [1.807, 2.05) is 12.1 Å². The van der Waals surface area contributed by atoms with Crippen LogP contribution in [0.15, 0.2) is 29.8 Å². The monoisotopic (exact) mass is 484 g/mol. The molecule has 32 heavy (non-hydrogen) atoms. The fourth-order valence-electron chi connectivity index (χ4n) is 3.82. The first kappa shape index (κ1) is 26.2. The first-order valence-corrected chi connectivity index (χ1v) is 13.1. The van der Waals surface area contributed by atoms with Gasteiger partial charge < -0.3 is 15.4 Å². The molecule has 1 fully saturated rings. The molecule has 1 aliphatic rings. The Morgan fingerprint density at radius 2 is 1.88 bits per heavy atom. The summed E-state index contributed by atoms with van der Waals surface area (Å²) in [5.74, 6) is -0.304. The van der Waals surface area contributed by atoms with Crippen molar-refractivity contribution in [1.29, 1.82) is 0 Å². The molecule has 0 aliphatic heterocycles. The fraction of sp³-hybridized carbons (Fsp3) is 0.565. The molecule has 0 heterocycles. The van der Waals surface area contributed by atoms with Crippen molar-refractivity contribution in [3.8, 4) is 0 Å². The molecule has 2 N–H and O–H groups in total. The van der Waals surface area contributed by atoms with E-state index in [9.17, 15) is 18.0 Å².